The van der Waals surface area contributed by atoms with Crippen molar-refractivity contribution >= 4 is 21.7 Å². The second kappa shape index (κ2) is 8.98. The molecule has 2 atom stereocenters. The van der Waals surface area contributed by atoms with Crippen LogP contribution in [-0.4, -0.2) is 41.3 Å². The number of benzene rings is 1. The number of nitro groups is 1. The molecule has 1 aromatic carbocycles. The van der Waals surface area contributed by atoms with E-state index in [4.69, 9.17) is 4.42 Å². The van der Waals surface area contributed by atoms with E-state index in [1.807, 2.05) is 6.92 Å². The number of nitrogens with zero attached hydrogens (tertiary/aromatic N) is 2. The van der Waals surface area contributed by atoms with Crippen LogP contribution in [0.2, 0.25) is 0 Å². The van der Waals surface area contributed by atoms with Gasteiger partial charge in [-0.05, 0) is 24.1 Å². The first-order chi connectivity index (χ1) is 13.2. The number of nitro benzene ring substituents is 1. The first-order valence-electron chi connectivity index (χ1n) is 8.68. The first kappa shape index (κ1) is 21.6. The average molecular weight is 410 g/mol. The smallest absolute Gasteiger partial charge is 0.322 e. The molecule has 0 spiro atoms. The zero-order chi connectivity index (χ0) is 20.9. The minimum Gasteiger partial charge on any atom is -0.480 e. The number of hydrogen-bond donors (Lipinski definition) is 1. The predicted molar refractivity (Wildman–Crippen MR) is 100 cm³/mol. The number of carboxylic acids is 1. The predicted octanol–water partition coefficient (Wildman–Crippen LogP) is 2.92. The summed E-state index contributed by atoms with van der Waals surface area (Å²) in [4.78, 5) is 21.9. The number of furan rings is 1. The van der Waals surface area contributed by atoms with Gasteiger partial charge in [0.15, 0.2) is 4.90 Å². The van der Waals surface area contributed by atoms with Gasteiger partial charge in [0.1, 0.15) is 11.8 Å². The number of para-hydroxylation sites is 1. The fourth-order valence-electron chi connectivity index (χ4n) is 2.71. The molecule has 0 aliphatic rings. The summed E-state index contributed by atoms with van der Waals surface area (Å²) in [6, 6.07) is 6.57. The molecule has 0 aliphatic carbocycles. The highest BCUT2D eigenvalue weighted by atomic mass is 32.2. The molecule has 0 aliphatic heterocycles. The Morgan fingerprint density at radius 3 is 2.50 bits per heavy atom. The highest BCUT2D eigenvalue weighted by Gasteiger charge is 2.40. The van der Waals surface area contributed by atoms with Gasteiger partial charge < -0.3 is 9.52 Å². The molecule has 0 bridgehead atoms. The molecule has 1 aromatic heterocycles. The van der Waals surface area contributed by atoms with Crippen LogP contribution in [0.4, 0.5) is 5.69 Å². The maximum atomic E-state index is 13.3. The minimum absolute atomic E-state index is 0.0947. The lowest BCUT2D eigenvalue weighted by Crippen LogP contribution is -2.48. The first-order valence-corrected chi connectivity index (χ1v) is 10.1. The van der Waals surface area contributed by atoms with Gasteiger partial charge in [0.25, 0.3) is 15.7 Å². The molecular weight excluding hydrogens is 388 g/mol. The molecule has 0 unspecified atom stereocenters. The van der Waals surface area contributed by atoms with Crippen LogP contribution in [0.15, 0.2) is 52.0 Å². The van der Waals surface area contributed by atoms with Gasteiger partial charge in [-0.2, -0.15) is 4.31 Å². The number of carboxylic acid groups (broad SMARTS) is 1. The maximum absolute atomic E-state index is 13.3. The van der Waals surface area contributed by atoms with Crippen molar-refractivity contribution in [2.75, 3.05) is 6.54 Å². The Bertz CT molecular complexity index is 925. The van der Waals surface area contributed by atoms with Crippen molar-refractivity contribution in [1.29, 1.82) is 0 Å². The van der Waals surface area contributed by atoms with Crippen LogP contribution >= 0.6 is 0 Å². The largest absolute Gasteiger partial charge is 0.480 e. The standard InChI is InChI=1S/C18H22N2O7S/c1-3-13(2)12-19(16(18(21)22)11-14-7-6-10-27-14)28(25,26)17-9-5-4-8-15(17)20(23)24/h4-10,13,16H,3,11-12H2,1-2H3,(H,21,22)/t13-,16-/m0/s1. The molecule has 0 fully saturated rings. The molecule has 28 heavy (non-hydrogen) atoms. The van der Waals surface area contributed by atoms with Crippen LogP contribution in [0.1, 0.15) is 26.0 Å². The molecule has 1 heterocycles. The Morgan fingerprint density at radius 2 is 1.96 bits per heavy atom. The summed E-state index contributed by atoms with van der Waals surface area (Å²) in [5, 5.41) is 21.1. The summed E-state index contributed by atoms with van der Waals surface area (Å²) in [5.41, 5.74) is -0.598. The Labute approximate surface area is 162 Å². The summed E-state index contributed by atoms with van der Waals surface area (Å²) < 4.78 is 32.6. The van der Waals surface area contributed by atoms with Crippen LogP contribution < -0.4 is 0 Å². The van der Waals surface area contributed by atoms with Crippen molar-refractivity contribution in [3.8, 4) is 0 Å². The van der Waals surface area contributed by atoms with Gasteiger partial charge in [-0.15, -0.1) is 0 Å². The van der Waals surface area contributed by atoms with E-state index in [-0.39, 0.29) is 18.9 Å². The lowest BCUT2D eigenvalue weighted by Gasteiger charge is -2.29. The topological polar surface area (TPSA) is 131 Å². The Kier molecular flexibility index (Phi) is 6.92. The zero-order valence-corrected chi connectivity index (χ0v) is 16.3. The summed E-state index contributed by atoms with van der Waals surface area (Å²) in [7, 11) is -4.46. The van der Waals surface area contributed by atoms with Gasteiger partial charge >= 0.3 is 5.97 Å². The lowest BCUT2D eigenvalue weighted by molar-refractivity contribution is -0.387. The number of rotatable bonds is 10. The van der Waals surface area contributed by atoms with Crippen molar-refractivity contribution in [3.05, 3.63) is 58.5 Å². The monoisotopic (exact) mass is 410 g/mol. The summed E-state index contributed by atoms with van der Waals surface area (Å²) in [6.45, 7) is 3.54. The van der Waals surface area contributed by atoms with Crippen LogP contribution in [0, 0.1) is 16.0 Å². The second-order valence-electron chi connectivity index (χ2n) is 6.45. The van der Waals surface area contributed by atoms with Crippen molar-refractivity contribution in [2.45, 2.75) is 37.6 Å². The van der Waals surface area contributed by atoms with E-state index in [1.165, 1.54) is 18.4 Å². The van der Waals surface area contributed by atoms with Gasteiger partial charge in [0.2, 0.25) is 0 Å². The molecule has 152 valence electrons. The SMILES string of the molecule is CC[C@H](C)CN([C@@H](Cc1ccco1)C(=O)O)S(=O)(=O)c1ccccc1[N+](=O)[O-]. The normalized spacial score (nSPS) is 14.0. The Balaban J connectivity index is 2.57. The fourth-order valence-corrected chi connectivity index (χ4v) is 4.57. The highest BCUT2D eigenvalue weighted by molar-refractivity contribution is 7.89. The van der Waals surface area contributed by atoms with Crippen LogP contribution in [-0.2, 0) is 21.2 Å². The van der Waals surface area contributed by atoms with Crippen molar-refractivity contribution in [3.63, 3.8) is 0 Å². The molecule has 0 saturated heterocycles. The van der Waals surface area contributed by atoms with Gasteiger partial charge in [-0.1, -0.05) is 32.4 Å². The van der Waals surface area contributed by atoms with Crippen LogP contribution in [0.3, 0.4) is 0 Å². The third-order valence-corrected chi connectivity index (χ3v) is 6.37. The third kappa shape index (κ3) is 4.76. The third-order valence-electron chi connectivity index (χ3n) is 4.44. The molecule has 1 N–H and O–H groups in total. The van der Waals surface area contributed by atoms with E-state index < -0.39 is 37.5 Å². The number of carbonyl (C=O) groups is 1. The van der Waals surface area contributed by atoms with Gasteiger partial charge in [-0.25, -0.2) is 8.42 Å². The molecule has 0 saturated carbocycles. The van der Waals surface area contributed by atoms with E-state index in [9.17, 15) is 28.4 Å². The summed E-state index contributed by atoms with van der Waals surface area (Å²) in [6.07, 6.45) is 1.78. The van der Waals surface area contributed by atoms with Crippen molar-refractivity contribution in [2.24, 2.45) is 5.92 Å². The van der Waals surface area contributed by atoms with E-state index in [2.05, 4.69) is 0 Å². The molecule has 0 radical (unpaired) electrons. The molecule has 10 heteroatoms. The Hall–Kier alpha value is -2.72. The zero-order valence-electron chi connectivity index (χ0n) is 15.5. The van der Waals surface area contributed by atoms with Crippen molar-refractivity contribution in [1.82, 2.24) is 4.31 Å². The number of sulfonamides is 1. The van der Waals surface area contributed by atoms with Crippen LogP contribution in [0.25, 0.3) is 0 Å². The number of aliphatic carboxylic acids is 1. The summed E-state index contributed by atoms with van der Waals surface area (Å²) in [5.74, 6) is -1.21. The number of hydrogen-bond acceptors (Lipinski definition) is 6. The lowest BCUT2D eigenvalue weighted by atomic mass is 10.1. The van der Waals surface area contributed by atoms with Gasteiger partial charge in [-0.3, -0.25) is 14.9 Å². The molecule has 2 aromatic rings. The van der Waals surface area contributed by atoms with Crippen molar-refractivity contribution < 1.29 is 27.7 Å². The molecule has 9 nitrogen and oxygen atoms in total. The molecule has 0 amide bonds. The van der Waals surface area contributed by atoms with Gasteiger partial charge in [0, 0.05) is 19.0 Å². The Morgan fingerprint density at radius 1 is 1.29 bits per heavy atom. The van der Waals surface area contributed by atoms with E-state index in [1.54, 1.807) is 19.1 Å². The van der Waals surface area contributed by atoms with Crippen LogP contribution in [0.5, 0.6) is 0 Å². The average Bonchev–Trinajstić information content (AvgIpc) is 3.17. The second-order valence-corrected chi connectivity index (χ2v) is 8.31. The molecule has 2 rings (SSSR count). The van der Waals surface area contributed by atoms with E-state index in [0.717, 1.165) is 16.4 Å². The summed E-state index contributed by atoms with van der Waals surface area (Å²) >= 11 is 0. The van der Waals surface area contributed by atoms with Gasteiger partial charge in [0.05, 0.1) is 11.2 Å². The highest BCUT2D eigenvalue weighted by Crippen LogP contribution is 2.29. The maximum Gasteiger partial charge on any atom is 0.322 e. The minimum atomic E-state index is -4.46. The van der Waals surface area contributed by atoms with E-state index in [0.29, 0.717) is 12.2 Å². The van der Waals surface area contributed by atoms with E-state index >= 15 is 0 Å². The molecular formula is C18H22N2O7S. The fraction of sp³-hybridized carbons (Fsp3) is 0.389. The quantitative estimate of drug-likeness (QED) is 0.470.